The van der Waals surface area contributed by atoms with Crippen LogP contribution in [0.2, 0.25) is 0 Å². The molecule has 1 aromatic heterocycles. The quantitative estimate of drug-likeness (QED) is 0.484. The van der Waals surface area contributed by atoms with Gasteiger partial charge in [-0.1, -0.05) is 18.2 Å². The lowest BCUT2D eigenvalue weighted by Crippen LogP contribution is -2.60. The number of anilines is 1. The predicted molar refractivity (Wildman–Crippen MR) is 144 cm³/mol. The lowest BCUT2D eigenvalue weighted by Gasteiger charge is -2.44. The number of carbonyl (C=O) groups is 2. The largest absolute Gasteiger partial charge is 0.421 e. The monoisotopic (exact) mass is 602 g/mol. The van der Waals surface area contributed by atoms with E-state index in [1.54, 1.807) is 39.1 Å². The number of carbonyl (C=O) groups excluding carboxylic acids is 2. The first-order chi connectivity index (χ1) is 18.4. The van der Waals surface area contributed by atoms with Gasteiger partial charge in [0, 0.05) is 37.9 Å². The molecule has 2 aliphatic heterocycles. The van der Waals surface area contributed by atoms with E-state index >= 15 is 0 Å². The van der Waals surface area contributed by atoms with Crippen LogP contribution < -0.4 is 4.90 Å². The molecule has 3 heterocycles. The standard InChI is InChI=1S/C26H33F3N4O5S2/c1-17(2)33-22(34)24(3,4)32(23(33)35)16-20-15-30(40(37,38)21-7-6-14-39-21)12-13-31(20)19-10-8-18(9-11-19)25(5,36)26(27,28)29/h6-11,14,17,20,36H,12-13,15-16H2,1-5H3/t20-,25+/m1/s1. The highest BCUT2D eigenvalue weighted by molar-refractivity contribution is 7.91. The Morgan fingerprint density at radius 1 is 1.10 bits per heavy atom. The van der Waals surface area contributed by atoms with E-state index < -0.39 is 39.4 Å². The Bertz CT molecular complexity index is 1360. The molecule has 0 unspecified atom stereocenters. The number of thiophene rings is 1. The Balaban J connectivity index is 1.69. The van der Waals surface area contributed by atoms with Gasteiger partial charge in [-0.2, -0.15) is 17.5 Å². The lowest BCUT2D eigenvalue weighted by atomic mass is 9.95. The van der Waals surface area contributed by atoms with Crippen molar-refractivity contribution in [1.29, 1.82) is 0 Å². The molecule has 1 N–H and O–H groups in total. The van der Waals surface area contributed by atoms with E-state index in [4.69, 9.17) is 0 Å². The van der Waals surface area contributed by atoms with Gasteiger partial charge in [-0.05, 0) is 63.8 Å². The van der Waals surface area contributed by atoms with Crippen molar-refractivity contribution in [2.45, 2.75) is 68.2 Å². The summed E-state index contributed by atoms with van der Waals surface area (Å²) < 4.78 is 68.3. The molecule has 2 saturated heterocycles. The van der Waals surface area contributed by atoms with E-state index in [1.165, 1.54) is 44.4 Å². The second-order valence-electron chi connectivity index (χ2n) is 11.0. The SMILES string of the molecule is CC(C)N1C(=O)N(C[C@H]2CN(S(=O)(=O)c3cccs3)CCN2c2ccc([C@](C)(O)C(F)(F)F)cc2)C(C)(C)C1=O. The Morgan fingerprint density at radius 3 is 2.23 bits per heavy atom. The summed E-state index contributed by atoms with van der Waals surface area (Å²) >= 11 is 1.09. The summed E-state index contributed by atoms with van der Waals surface area (Å²) in [4.78, 5) is 30.9. The van der Waals surface area contributed by atoms with Gasteiger partial charge >= 0.3 is 12.2 Å². The smallest absolute Gasteiger partial charge is 0.376 e. The van der Waals surface area contributed by atoms with E-state index in [-0.39, 0.29) is 47.9 Å². The van der Waals surface area contributed by atoms with Crippen LogP contribution in [0.25, 0.3) is 0 Å². The number of urea groups is 1. The number of halogens is 3. The van der Waals surface area contributed by atoms with E-state index in [9.17, 15) is 36.3 Å². The van der Waals surface area contributed by atoms with Crippen molar-refractivity contribution in [2.75, 3.05) is 31.1 Å². The number of benzene rings is 1. The number of alkyl halides is 3. The molecule has 3 amide bonds. The molecule has 9 nitrogen and oxygen atoms in total. The number of imide groups is 1. The van der Waals surface area contributed by atoms with Crippen LogP contribution >= 0.6 is 11.3 Å². The number of sulfonamides is 1. The number of rotatable bonds is 7. The highest BCUT2D eigenvalue weighted by Crippen LogP contribution is 2.39. The predicted octanol–water partition coefficient (Wildman–Crippen LogP) is 3.85. The maximum atomic E-state index is 13.4. The molecule has 0 aliphatic carbocycles. The van der Waals surface area contributed by atoms with E-state index in [1.807, 2.05) is 4.90 Å². The number of aliphatic hydroxyl groups is 1. The lowest BCUT2D eigenvalue weighted by molar-refractivity contribution is -0.258. The van der Waals surface area contributed by atoms with Crippen LogP contribution in [0.15, 0.2) is 46.0 Å². The van der Waals surface area contributed by atoms with Crippen molar-refractivity contribution in [1.82, 2.24) is 14.1 Å². The molecule has 4 rings (SSSR count). The van der Waals surface area contributed by atoms with Crippen molar-refractivity contribution >= 4 is 39.0 Å². The molecule has 14 heteroatoms. The normalized spacial score (nSPS) is 22.4. The first kappa shape index (κ1) is 30.3. The van der Waals surface area contributed by atoms with Crippen molar-refractivity contribution in [3.05, 3.63) is 47.3 Å². The summed E-state index contributed by atoms with van der Waals surface area (Å²) in [5, 5.41) is 11.7. The zero-order chi connectivity index (χ0) is 29.8. The molecule has 0 spiro atoms. The van der Waals surface area contributed by atoms with Gasteiger partial charge in [0.15, 0.2) is 5.60 Å². The fourth-order valence-corrected chi connectivity index (χ4v) is 7.67. The van der Waals surface area contributed by atoms with Crippen LogP contribution in [0, 0.1) is 0 Å². The van der Waals surface area contributed by atoms with Crippen LogP contribution in [-0.4, -0.2) is 89.5 Å². The van der Waals surface area contributed by atoms with Crippen LogP contribution in [0.4, 0.5) is 23.7 Å². The summed E-state index contributed by atoms with van der Waals surface area (Å²) in [6.07, 6.45) is -4.88. The molecule has 2 aromatic rings. The Morgan fingerprint density at radius 2 is 1.73 bits per heavy atom. The third-order valence-electron chi connectivity index (χ3n) is 7.61. The van der Waals surface area contributed by atoms with Crippen molar-refractivity contribution in [3.63, 3.8) is 0 Å². The molecule has 220 valence electrons. The van der Waals surface area contributed by atoms with Crippen LogP contribution in [0.3, 0.4) is 0 Å². The Labute approximate surface area is 235 Å². The third kappa shape index (κ3) is 5.10. The van der Waals surface area contributed by atoms with Crippen LogP contribution in [0.1, 0.15) is 40.2 Å². The van der Waals surface area contributed by atoms with Crippen LogP contribution in [0.5, 0.6) is 0 Å². The van der Waals surface area contributed by atoms with E-state index in [0.29, 0.717) is 12.6 Å². The average Bonchev–Trinajstić information content (AvgIpc) is 3.47. The molecule has 2 fully saturated rings. The van der Waals surface area contributed by atoms with Gasteiger partial charge in [-0.15, -0.1) is 11.3 Å². The van der Waals surface area contributed by atoms with Gasteiger partial charge in [-0.25, -0.2) is 13.2 Å². The van der Waals surface area contributed by atoms with Gasteiger partial charge in [0.2, 0.25) is 0 Å². The Kier molecular flexibility index (Phi) is 7.80. The second-order valence-corrected chi connectivity index (χ2v) is 14.1. The van der Waals surface area contributed by atoms with Gasteiger partial charge < -0.3 is 14.9 Å². The maximum absolute atomic E-state index is 13.4. The van der Waals surface area contributed by atoms with Gasteiger partial charge in [0.1, 0.15) is 9.75 Å². The van der Waals surface area contributed by atoms with Crippen molar-refractivity contribution < 1.29 is 36.3 Å². The van der Waals surface area contributed by atoms with Crippen LogP contribution in [-0.2, 0) is 20.4 Å². The minimum Gasteiger partial charge on any atom is -0.376 e. The molecule has 2 aliphatic rings. The van der Waals surface area contributed by atoms with Gasteiger partial charge in [0.05, 0.1) is 6.04 Å². The second kappa shape index (κ2) is 10.3. The average molecular weight is 603 g/mol. The highest BCUT2D eigenvalue weighted by atomic mass is 32.2. The number of amides is 3. The number of hydrogen-bond acceptors (Lipinski definition) is 7. The summed E-state index contributed by atoms with van der Waals surface area (Å²) in [6, 6.07) is 6.91. The zero-order valence-corrected chi connectivity index (χ0v) is 24.5. The topological polar surface area (TPSA) is 101 Å². The minimum atomic E-state index is -4.88. The third-order valence-corrected chi connectivity index (χ3v) is 10.8. The van der Waals surface area contributed by atoms with E-state index in [0.717, 1.165) is 11.3 Å². The molecular formula is C26H33F3N4O5S2. The minimum absolute atomic E-state index is 0.000723. The fraction of sp³-hybridized carbons (Fsp3) is 0.538. The zero-order valence-electron chi connectivity index (χ0n) is 22.8. The molecule has 40 heavy (non-hydrogen) atoms. The van der Waals surface area contributed by atoms with E-state index in [2.05, 4.69) is 0 Å². The number of nitrogens with zero attached hydrogens (tertiary/aromatic N) is 4. The maximum Gasteiger partial charge on any atom is 0.421 e. The highest BCUT2D eigenvalue weighted by Gasteiger charge is 2.54. The molecular weight excluding hydrogens is 569 g/mol. The molecule has 1 aromatic carbocycles. The Hall–Kier alpha value is -2.68. The summed E-state index contributed by atoms with van der Waals surface area (Å²) in [5.74, 6) is -0.364. The summed E-state index contributed by atoms with van der Waals surface area (Å²) in [6.45, 7) is 7.69. The van der Waals surface area contributed by atoms with Crippen molar-refractivity contribution in [2.24, 2.45) is 0 Å². The van der Waals surface area contributed by atoms with Gasteiger partial charge in [-0.3, -0.25) is 9.69 Å². The molecule has 0 bridgehead atoms. The first-order valence-electron chi connectivity index (χ1n) is 12.8. The molecule has 0 saturated carbocycles. The first-order valence-corrected chi connectivity index (χ1v) is 15.1. The fourth-order valence-electron chi connectivity index (χ4n) is 5.06. The summed E-state index contributed by atoms with van der Waals surface area (Å²) in [7, 11) is -3.82. The molecule has 2 atom stereocenters. The van der Waals surface area contributed by atoms with Gasteiger partial charge in [0.25, 0.3) is 15.9 Å². The van der Waals surface area contributed by atoms with Crippen molar-refractivity contribution in [3.8, 4) is 0 Å². The number of hydrogen-bond donors (Lipinski definition) is 1. The summed E-state index contributed by atoms with van der Waals surface area (Å²) in [5.41, 5.74) is -4.08. The number of piperazine rings is 1. The molecule has 0 radical (unpaired) electrons.